The number of rotatable bonds is 7. The van der Waals surface area contributed by atoms with Crippen molar-refractivity contribution in [3.8, 4) is 0 Å². The number of halogens is 2. The first-order valence-corrected chi connectivity index (χ1v) is 12.0. The van der Waals surface area contributed by atoms with Crippen LogP contribution in [0.2, 0.25) is 10.0 Å². The highest BCUT2D eigenvalue weighted by molar-refractivity contribution is 8.02. The summed E-state index contributed by atoms with van der Waals surface area (Å²) >= 11 is 13.7. The summed E-state index contributed by atoms with van der Waals surface area (Å²) in [5.74, 6) is 0.0160. The van der Waals surface area contributed by atoms with Gasteiger partial charge in [0.1, 0.15) is 0 Å². The smallest absolute Gasteiger partial charge is 0.168 e. The van der Waals surface area contributed by atoms with E-state index in [0.717, 1.165) is 29.9 Å². The van der Waals surface area contributed by atoms with E-state index < -0.39 is 0 Å². The lowest BCUT2D eigenvalue weighted by molar-refractivity contribution is 0.0993. The molecule has 0 saturated heterocycles. The second-order valence-corrected chi connectivity index (χ2v) is 9.34. The number of Topliss-reactive ketones (excluding diaryl/α,β-unsaturated/α-hetero) is 1. The third kappa shape index (κ3) is 7.64. The van der Waals surface area contributed by atoms with E-state index in [0.29, 0.717) is 27.4 Å². The van der Waals surface area contributed by atoms with E-state index in [1.54, 1.807) is 24.3 Å². The van der Waals surface area contributed by atoms with Crippen molar-refractivity contribution < 1.29 is 4.79 Å². The maximum atomic E-state index is 12.1. The summed E-state index contributed by atoms with van der Waals surface area (Å²) in [7, 11) is 0. The zero-order chi connectivity index (χ0) is 23.0. The van der Waals surface area contributed by atoms with Crippen molar-refractivity contribution in [1.29, 1.82) is 0 Å². The number of carbonyl (C=O) groups excluding carboxylic acids is 1. The van der Waals surface area contributed by atoms with Crippen molar-refractivity contribution in [1.82, 2.24) is 10.2 Å². The van der Waals surface area contributed by atoms with Crippen LogP contribution in [0.25, 0.3) is 0 Å². The molecule has 1 N–H and O–H groups in total. The summed E-state index contributed by atoms with van der Waals surface area (Å²) in [6.07, 6.45) is 0.333. The molecule has 2 aromatic carbocycles. The van der Waals surface area contributed by atoms with Gasteiger partial charge in [-0.15, -0.1) is 11.8 Å². The maximum absolute atomic E-state index is 12.1. The minimum atomic E-state index is 0.0160. The molecular weight excluding hydrogens is 447 g/mol. The third-order valence-electron chi connectivity index (χ3n) is 4.91. The van der Waals surface area contributed by atoms with E-state index in [2.05, 4.69) is 43.0 Å². The molecule has 0 amide bonds. The van der Waals surface area contributed by atoms with E-state index in [-0.39, 0.29) is 5.78 Å². The summed E-state index contributed by atoms with van der Waals surface area (Å²) in [6.45, 7) is 14.5. The fourth-order valence-corrected chi connectivity index (χ4v) is 4.32. The van der Waals surface area contributed by atoms with Crippen LogP contribution in [-0.2, 0) is 6.42 Å². The van der Waals surface area contributed by atoms with Gasteiger partial charge in [0.2, 0.25) is 0 Å². The monoisotopic (exact) mass is 476 g/mol. The van der Waals surface area contributed by atoms with E-state index in [1.807, 2.05) is 36.9 Å². The molecule has 3 rings (SSSR count). The highest BCUT2D eigenvalue weighted by atomic mass is 35.5. The van der Waals surface area contributed by atoms with E-state index in [1.165, 1.54) is 5.70 Å². The van der Waals surface area contributed by atoms with Gasteiger partial charge in [-0.25, -0.2) is 0 Å². The van der Waals surface area contributed by atoms with Gasteiger partial charge in [-0.2, -0.15) is 0 Å². The molecule has 1 atom stereocenters. The molecule has 0 bridgehead atoms. The number of nitrogens with one attached hydrogen (secondary N) is 1. The average molecular weight is 478 g/mol. The van der Waals surface area contributed by atoms with Crippen molar-refractivity contribution in [2.75, 3.05) is 13.1 Å². The number of hydrogen-bond donors (Lipinski definition) is 1. The van der Waals surface area contributed by atoms with Gasteiger partial charge in [0.15, 0.2) is 5.78 Å². The number of carbonyl (C=O) groups is 1. The summed E-state index contributed by atoms with van der Waals surface area (Å²) < 4.78 is 0. The SMILES string of the molecule is C=C(C1=CSC(C)N1)N(CC)CC.Cc1ccc(C(=O)Cc2ccc(Cl)cc2)c(Cl)c1. The predicted molar refractivity (Wildman–Crippen MR) is 136 cm³/mol. The number of aryl methyl sites for hydroxylation is 1. The highest BCUT2D eigenvalue weighted by Gasteiger charge is 2.16. The number of hydrogen-bond acceptors (Lipinski definition) is 4. The lowest BCUT2D eigenvalue weighted by Gasteiger charge is -2.24. The van der Waals surface area contributed by atoms with Gasteiger partial charge in [-0.05, 0) is 68.5 Å². The molecule has 1 heterocycles. The van der Waals surface area contributed by atoms with Gasteiger partial charge < -0.3 is 10.2 Å². The average Bonchev–Trinajstić information content (AvgIpc) is 3.17. The number of thioether (sulfide) groups is 1. The topological polar surface area (TPSA) is 32.3 Å². The largest absolute Gasteiger partial charge is 0.371 e. The molecule has 0 fully saturated rings. The van der Waals surface area contributed by atoms with Crippen LogP contribution in [-0.4, -0.2) is 29.1 Å². The molecule has 0 radical (unpaired) electrons. The van der Waals surface area contributed by atoms with Crippen molar-refractivity contribution in [3.63, 3.8) is 0 Å². The molecule has 0 saturated carbocycles. The minimum absolute atomic E-state index is 0.0160. The fourth-order valence-electron chi connectivity index (χ4n) is 3.11. The normalized spacial score (nSPS) is 14.8. The number of benzene rings is 2. The van der Waals surface area contributed by atoms with E-state index in [9.17, 15) is 4.79 Å². The van der Waals surface area contributed by atoms with E-state index >= 15 is 0 Å². The molecule has 2 aromatic rings. The zero-order valence-electron chi connectivity index (χ0n) is 18.5. The Labute approximate surface area is 200 Å². The molecule has 166 valence electrons. The molecule has 1 aliphatic heterocycles. The number of nitrogens with zero attached hydrogens (tertiary/aromatic N) is 1. The molecule has 1 unspecified atom stereocenters. The van der Waals surface area contributed by atoms with Crippen molar-refractivity contribution in [2.24, 2.45) is 0 Å². The number of likely N-dealkylation sites (N-methyl/N-ethyl adjacent to an activating group) is 1. The highest BCUT2D eigenvalue weighted by Crippen LogP contribution is 2.25. The molecule has 0 aliphatic carbocycles. The number of ketones is 1. The Morgan fingerprint density at radius 2 is 1.77 bits per heavy atom. The molecule has 0 aromatic heterocycles. The first-order valence-electron chi connectivity index (χ1n) is 10.3. The maximum Gasteiger partial charge on any atom is 0.168 e. The predicted octanol–water partition coefficient (Wildman–Crippen LogP) is 7.09. The van der Waals surface area contributed by atoms with Crippen molar-refractivity contribution >= 4 is 40.7 Å². The van der Waals surface area contributed by atoms with Gasteiger partial charge in [0.25, 0.3) is 0 Å². The van der Waals surface area contributed by atoms with Gasteiger partial charge in [0.05, 0.1) is 21.8 Å². The van der Waals surface area contributed by atoms with Crippen molar-refractivity contribution in [3.05, 3.63) is 92.6 Å². The van der Waals surface area contributed by atoms with Gasteiger partial charge in [-0.1, -0.05) is 48.0 Å². The zero-order valence-corrected chi connectivity index (χ0v) is 20.9. The fraction of sp³-hybridized carbons (Fsp3) is 0.320. The lowest BCUT2D eigenvalue weighted by Crippen LogP contribution is -2.28. The summed E-state index contributed by atoms with van der Waals surface area (Å²) in [5, 5.41) is 7.21. The molecule has 3 nitrogen and oxygen atoms in total. The quantitative estimate of drug-likeness (QED) is 0.432. The van der Waals surface area contributed by atoms with Crippen LogP contribution in [0, 0.1) is 6.92 Å². The van der Waals surface area contributed by atoms with Crippen LogP contribution < -0.4 is 5.32 Å². The Bertz CT molecular complexity index is 937. The molecule has 1 aliphatic rings. The molecular formula is C25H30Cl2N2OS. The van der Waals surface area contributed by atoms with Crippen LogP contribution in [0.15, 0.2) is 65.8 Å². The van der Waals surface area contributed by atoms with E-state index in [4.69, 9.17) is 23.2 Å². The molecule has 0 spiro atoms. The Balaban J connectivity index is 0.000000233. The van der Waals surface area contributed by atoms with Crippen molar-refractivity contribution in [2.45, 2.75) is 39.5 Å². The minimum Gasteiger partial charge on any atom is -0.371 e. The van der Waals surface area contributed by atoms with Crippen LogP contribution in [0.5, 0.6) is 0 Å². The Morgan fingerprint density at radius 3 is 2.29 bits per heavy atom. The summed E-state index contributed by atoms with van der Waals surface area (Å²) in [4.78, 5) is 14.4. The van der Waals surface area contributed by atoms with Gasteiger partial charge in [0, 0.05) is 30.1 Å². The lowest BCUT2D eigenvalue weighted by atomic mass is 10.0. The van der Waals surface area contributed by atoms with Crippen LogP contribution in [0.3, 0.4) is 0 Å². The second-order valence-electron chi connectivity index (χ2n) is 7.28. The van der Waals surface area contributed by atoms with Gasteiger partial charge >= 0.3 is 0 Å². The summed E-state index contributed by atoms with van der Waals surface area (Å²) in [6, 6.07) is 12.7. The summed E-state index contributed by atoms with van der Waals surface area (Å²) in [5.41, 5.74) is 4.84. The Hall–Kier alpha value is -1.88. The first kappa shape index (κ1) is 25.4. The molecule has 31 heavy (non-hydrogen) atoms. The molecule has 6 heteroatoms. The first-order chi connectivity index (χ1) is 14.7. The van der Waals surface area contributed by atoms with Gasteiger partial charge in [-0.3, -0.25) is 4.79 Å². The third-order valence-corrected chi connectivity index (χ3v) is 6.37. The van der Waals surface area contributed by atoms with Crippen LogP contribution in [0.4, 0.5) is 0 Å². The second kappa shape index (κ2) is 12.2. The standard InChI is InChI=1S/C15H12Cl2O.C10H18N2S/c1-10-2-7-13(14(17)8-10)15(18)9-11-3-5-12(16)6-4-11;1-5-12(6-2)8(3)10-7-13-9(4)11-10/h2-8H,9H2,1H3;7,9,11H,3,5-6H2,1-2,4H3. The van der Waals surface area contributed by atoms with Crippen LogP contribution >= 0.6 is 35.0 Å². The van der Waals surface area contributed by atoms with Crippen LogP contribution in [0.1, 0.15) is 42.3 Å². The Kier molecular flexibility index (Phi) is 10.0. The Morgan fingerprint density at radius 1 is 1.13 bits per heavy atom.